The molecule has 0 saturated heterocycles. The van der Waals surface area contributed by atoms with E-state index in [1.54, 1.807) is 0 Å². The van der Waals surface area contributed by atoms with Crippen molar-refractivity contribution in [2.24, 2.45) is 5.11 Å². The van der Waals surface area contributed by atoms with Gasteiger partial charge < -0.3 is 5.11 Å². The molecule has 0 radical (unpaired) electrons. The summed E-state index contributed by atoms with van der Waals surface area (Å²) in [6, 6.07) is 0. The van der Waals surface area contributed by atoms with Crippen LogP contribution in [0.2, 0.25) is 0 Å². The van der Waals surface area contributed by atoms with Crippen molar-refractivity contribution in [1.29, 1.82) is 5.53 Å². The summed E-state index contributed by atoms with van der Waals surface area (Å²) < 4.78 is 0. The van der Waals surface area contributed by atoms with Crippen LogP contribution < -0.4 is 0 Å². The summed E-state index contributed by atoms with van der Waals surface area (Å²) in [4.78, 5) is 0. The van der Waals surface area contributed by atoms with Gasteiger partial charge in [0.25, 0.3) is 0 Å². The van der Waals surface area contributed by atoms with E-state index in [-0.39, 0.29) is 5.76 Å². The smallest absolute Gasteiger partial charge is 0.112 e. The topological polar surface area (TPSA) is 56.4 Å². The summed E-state index contributed by atoms with van der Waals surface area (Å²) >= 11 is 0. The van der Waals surface area contributed by atoms with Gasteiger partial charge in [0.15, 0.2) is 0 Å². The Morgan fingerprint density at radius 3 is 2.29 bits per heavy atom. The van der Waals surface area contributed by atoms with Crippen LogP contribution in [-0.2, 0) is 0 Å². The van der Waals surface area contributed by atoms with Gasteiger partial charge in [-0.3, -0.25) is 0 Å². The minimum absolute atomic E-state index is 0.230. The van der Waals surface area contributed by atoms with Gasteiger partial charge in [-0.05, 0) is 6.42 Å². The van der Waals surface area contributed by atoms with Gasteiger partial charge in [0.2, 0.25) is 0 Å². The zero-order chi connectivity index (χ0) is 10.6. The minimum Gasteiger partial charge on any atom is -0.511 e. The highest BCUT2D eigenvalue weighted by atomic mass is 16.3. The molecule has 0 amide bonds. The zero-order valence-corrected chi connectivity index (χ0v) is 9.13. The summed E-state index contributed by atoms with van der Waals surface area (Å²) in [5, 5.41) is 12.2. The highest BCUT2D eigenvalue weighted by Crippen LogP contribution is 2.10. The molecule has 82 valence electrons. The number of aliphatic hydroxyl groups is 1. The van der Waals surface area contributed by atoms with Gasteiger partial charge in [0.1, 0.15) is 5.76 Å². The van der Waals surface area contributed by atoms with Crippen molar-refractivity contribution in [2.45, 2.75) is 58.3 Å². The van der Waals surface area contributed by atoms with E-state index >= 15 is 0 Å². The molecule has 0 spiro atoms. The summed E-state index contributed by atoms with van der Waals surface area (Å²) in [6.45, 7) is 2.22. The monoisotopic (exact) mass is 198 g/mol. The molecule has 2 N–H and O–H groups in total. The third kappa shape index (κ3) is 9.23. The minimum atomic E-state index is 0.230. The maximum Gasteiger partial charge on any atom is 0.112 e. The molecule has 3 heteroatoms. The van der Waals surface area contributed by atoms with Crippen LogP contribution in [0.15, 0.2) is 17.1 Å². The van der Waals surface area contributed by atoms with Crippen LogP contribution in [-0.4, -0.2) is 5.11 Å². The first-order valence-corrected chi connectivity index (χ1v) is 5.55. The first kappa shape index (κ1) is 13.1. The molecule has 0 aliphatic rings. The molecule has 0 aliphatic carbocycles. The fourth-order valence-electron chi connectivity index (χ4n) is 1.40. The lowest BCUT2D eigenvalue weighted by Gasteiger charge is -2.00. The van der Waals surface area contributed by atoms with Crippen molar-refractivity contribution in [3.63, 3.8) is 0 Å². The summed E-state index contributed by atoms with van der Waals surface area (Å²) in [5.74, 6) is 0.230. The van der Waals surface area contributed by atoms with Crippen molar-refractivity contribution in [3.8, 4) is 0 Å². The van der Waals surface area contributed by atoms with Gasteiger partial charge in [-0.1, -0.05) is 45.4 Å². The highest BCUT2D eigenvalue weighted by Gasteiger charge is 1.94. The molecular formula is C11H22N2O. The average Bonchev–Trinajstić information content (AvgIpc) is 2.17. The van der Waals surface area contributed by atoms with Crippen molar-refractivity contribution >= 4 is 0 Å². The van der Waals surface area contributed by atoms with Crippen LogP contribution in [0.4, 0.5) is 0 Å². The van der Waals surface area contributed by atoms with Crippen LogP contribution in [0.1, 0.15) is 58.3 Å². The SMILES string of the molecule is CCCCCCCCC/C(O)=C\N=N. The summed E-state index contributed by atoms with van der Waals surface area (Å²) in [6.07, 6.45) is 10.6. The first-order valence-electron chi connectivity index (χ1n) is 5.55. The van der Waals surface area contributed by atoms with Gasteiger partial charge in [0.05, 0.1) is 6.20 Å². The molecule has 0 unspecified atom stereocenters. The Kier molecular flexibility index (Phi) is 9.59. The predicted molar refractivity (Wildman–Crippen MR) is 58.5 cm³/mol. The third-order valence-electron chi connectivity index (χ3n) is 2.25. The molecule has 0 heterocycles. The Balaban J connectivity index is 3.13. The molecular weight excluding hydrogens is 176 g/mol. The van der Waals surface area contributed by atoms with Crippen LogP contribution in [0.5, 0.6) is 0 Å². The number of aliphatic hydroxyl groups excluding tert-OH is 1. The van der Waals surface area contributed by atoms with Gasteiger partial charge in [-0.2, -0.15) is 5.11 Å². The Labute approximate surface area is 86.7 Å². The van der Waals surface area contributed by atoms with E-state index in [4.69, 9.17) is 10.6 Å². The molecule has 0 rings (SSSR count). The van der Waals surface area contributed by atoms with Gasteiger partial charge in [0, 0.05) is 6.42 Å². The van der Waals surface area contributed by atoms with Gasteiger partial charge in [-0.15, -0.1) is 0 Å². The van der Waals surface area contributed by atoms with E-state index in [2.05, 4.69) is 12.0 Å². The van der Waals surface area contributed by atoms with E-state index in [0.717, 1.165) is 6.42 Å². The van der Waals surface area contributed by atoms with Crippen molar-refractivity contribution in [3.05, 3.63) is 12.0 Å². The standard InChI is InChI=1S/C11H22N2O/c1-2-3-4-5-6-7-8-9-11(14)10-13-12/h10,12,14H,2-9H2,1H3/b11-10+,13-12?. The van der Waals surface area contributed by atoms with E-state index < -0.39 is 0 Å². The van der Waals surface area contributed by atoms with Crippen molar-refractivity contribution < 1.29 is 5.11 Å². The molecule has 3 nitrogen and oxygen atoms in total. The summed E-state index contributed by atoms with van der Waals surface area (Å²) in [7, 11) is 0. The van der Waals surface area contributed by atoms with Crippen LogP contribution in [0.3, 0.4) is 0 Å². The second-order valence-corrected chi connectivity index (χ2v) is 3.62. The average molecular weight is 198 g/mol. The molecule has 0 atom stereocenters. The summed E-state index contributed by atoms with van der Waals surface area (Å²) in [5.41, 5.74) is 6.51. The quantitative estimate of drug-likeness (QED) is 0.318. The lowest BCUT2D eigenvalue weighted by atomic mass is 10.1. The lowest BCUT2D eigenvalue weighted by Crippen LogP contribution is -1.83. The molecule has 0 bridgehead atoms. The fraction of sp³-hybridized carbons (Fsp3) is 0.818. The second kappa shape index (κ2) is 10.2. The molecule has 0 aromatic heterocycles. The van der Waals surface area contributed by atoms with E-state index in [1.807, 2.05) is 0 Å². The maximum atomic E-state index is 9.14. The number of hydrogen-bond donors (Lipinski definition) is 2. The number of hydrogen-bond acceptors (Lipinski definition) is 3. The Hall–Kier alpha value is -0.860. The number of rotatable bonds is 9. The van der Waals surface area contributed by atoms with Crippen LogP contribution >= 0.6 is 0 Å². The fourth-order valence-corrected chi connectivity index (χ4v) is 1.40. The van der Waals surface area contributed by atoms with Crippen molar-refractivity contribution in [2.75, 3.05) is 0 Å². The molecule has 0 fully saturated rings. The molecule has 14 heavy (non-hydrogen) atoms. The number of nitrogens with zero attached hydrogens (tertiary/aromatic N) is 1. The molecule has 0 aromatic carbocycles. The van der Waals surface area contributed by atoms with Crippen molar-refractivity contribution in [1.82, 2.24) is 0 Å². The lowest BCUT2D eigenvalue weighted by molar-refractivity contribution is 0.378. The number of unbranched alkanes of at least 4 members (excludes halogenated alkanes) is 6. The number of nitrogens with one attached hydrogen (secondary N) is 1. The predicted octanol–water partition coefficient (Wildman–Crippen LogP) is 4.56. The highest BCUT2D eigenvalue weighted by molar-refractivity contribution is 4.87. The van der Waals surface area contributed by atoms with Crippen LogP contribution in [0.25, 0.3) is 0 Å². The molecule has 0 saturated carbocycles. The first-order chi connectivity index (χ1) is 6.81. The van der Waals surface area contributed by atoms with Gasteiger partial charge >= 0.3 is 0 Å². The third-order valence-corrected chi connectivity index (χ3v) is 2.25. The normalized spacial score (nSPS) is 11.6. The Morgan fingerprint density at radius 2 is 1.71 bits per heavy atom. The maximum absolute atomic E-state index is 9.14. The Morgan fingerprint density at radius 1 is 1.14 bits per heavy atom. The van der Waals surface area contributed by atoms with Crippen LogP contribution in [0, 0.1) is 5.53 Å². The molecule has 0 aromatic rings. The number of allylic oxidation sites excluding steroid dienone is 1. The largest absolute Gasteiger partial charge is 0.511 e. The second-order valence-electron chi connectivity index (χ2n) is 3.62. The van der Waals surface area contributed by atoms with E-state index in [9.17, 15) is 0 Å². The zero-order valence-electron chi connectivity index (χ0n) is 9.13. The molecule has 0 aliphatic heterocycles. The van der Waals surface area contributed by atoms with E-state index in [0.29, 0.717) is 6.42 Å². The van der Waals surface area contributed by atoms with E-state index in [1.165, 1.54) is 44.7 Å². The Bertz CT molecular complexity index is 167. The van der Waals surface area contributed by atoms with Gasteiger partial charge in [-0.25, -0.2) is 5.53 Å².